The highest BCUT2D eigenvalue weighted by atomic mass is 28.3. The molecule has 1 aromatic carbocycles. The lowest BCUT2D eigenvalue weighted by Crippen LogP contribution is -2.41. The molecule has 0 saturated carbocycles. The Bertz CT molecular complexity index is 357. The van der Waals surface area contributed by atoms with E-state index in [0.29, 0.717) is 0 Å². The summed E-state index contributed by atoms with van der Waals surface area (Å²) in [5.74, 6) is 1.19. The summed E-state index contributed by atoms with van der Waals surface area (Å²) in [5.41, 5.74) is 0. The number of methoxy groups -OCH3 is 1. The van der Waals surface area contributed by atoms with Crippen molar-refractivity contribution in [2.75, 3.05) is 7.11 Å². The lowest BCUT2D eigenvalue weighted by Gasteiger charge is -2.20. The molecule has 0 heterocycles. The minimum atomic E-state index is -0.457. The van der Waals surface area contributed by atoms with Crippen LogP contribution in [0.4, 0.5) is 0 Å². The Kier molecular flexibility index (Phi) is 5.22. The Morgan fingerprint density at radius 2 is 1.18 bits per heavy atom. The van der Waals surface area contributed by atoms with Gasteiger partial charge in [0.1, 0.15) is 5.75 Å². The Balaban J connectivity index is 3.46. The van der Waals surface area contributed by atoms with E-state index in [1.54, 1.807) is 5.19 Å². The zero-order valence-corrected chi connectivity index (χ0v) is 15.1. The van der Waals surface area contributed by atoms with E-state index in [4.69, 9.17) is 4.74 Å². The topological polar surface area (TPSA) is 9.23 Å². The monoisotopic (exact) mass is 279 g/mol. The molecule has 93 valence electrons. The van der Waals surface area contributed by atoms with E-state index >= 15 is 0 Å². The summed E-state index contributed by atoms with van der Waals surface area (Å²) in [4.78, 5) is 0. The van der Waals surface area contributed by atoms with Gasteiger partial charge in [0.15, 0.2) is 0 Å². The van der Waals surface area contributed by atoms with Crippen LogP contribution in [0, 0.1) is 0 Å². The molecule has 0 spiro atoms. The number of hydrogen-bond acceptors (Lipinski definition) is 1. The third-order valence-electron chi connectivity index (χ3n) is 2.95. The third-order valence-corrected chi connectivity index (χ3v) is 7.29. The SMILES string of the molecule is COc1c([Si](C)C)cc([Si](C)C)cc1[Si](C)C. The zero-order valence-electron chi connectivity index (χ0n) is 12.1. The molecule has 0 aliphatic carbocycles. The van der Waals surface area contributed by atoms with Crippen molar-refractivity contribution >= 4 is 42.0 Å². The first-order chi connectivity index (χ1) is 7.88. The summed E-state index contributed by atoms with van der Waals surface area (Å²) >= 11 is 0. The molecule has 1 aromatic rings. The van der Waals surface area contributed by atoms with Gasteiger partial charge in [0, 0.05) is 0 Å². The van der Waals surface area contributed by atoms with Crippen molar-refractivity contribution in [3.63, 3.8) is 0 Å². The summed E-state index contributed by atoms with van der Waals surface area (Å²) < 4.78 is 5.70. The van der Waals surface area contributed by atoms with Gasteiger partial charge in [-0.05, 0) is 10.4 Å². The Morgan fingerprint density at radius 1 is 0.765 bits per heavy atom. The Morgan fingerprint density at radius 3 is 1.41 bits per heavy atom. The molecule has 1 nitrogen and oxygen atoms in total. The van der Waals surface area contributed by atoms with Crippen molar-refractivity contribution in [3.05, 3.63) is 12.1 Å². The zero-order chi connectivity index (χ0) is 13.2. The maximum Gasteiger partial charge on any atom is 0.116 e. The molecule has 0 aliphatic heterocycles. The summed E-state index contributed by atoms with van der Waals surface area (Å²) in [5, 5.41) is 4.54. The maximum absolute atomic E-state index is 5.70. The first kappa shape index (κ1) is 14.7. The van der Waals surface area contributed by atoms with Gasteiger partial charge >= 0.3 is 0 Å². The first-order valence-corrected chi connectivity index (χ1v) is 13.5. The number of ether oxygens (including phenoxy) is 1. The van der Waals surface area contributed by atoms with Gasteiger partial charge < -0.3 is 4.74 Å². The van der Waals surface area contributed by atoms with Crippen LogP contribution in [-0.2, 0) is 0 Å². The van der Waals surface area contributed by atoms with E-state index < -0.39 is 17.6 Å². The van der Waals surface area contributed by atoms with Crippen LogP contribution in [0.15, 0.2) is 12.1 Å². The maximum atomic E-state index is 5.70. The van der Waals surface area contributed by atoms with Crippen molar-refractivity contribution in [3.8, 4) is 5.75 Å². The van der Waals surface area contributed by atoms with E-state index in [1.165, 1.54) is 16.1 Å². The second-order valence-electron chi connectivity index (χ2n) is 5.10. The van der Waals surface area contributed by atoms with Crippen LogP contribution in [-0.4, -0.2) is 33.5 Å². The molecule has 4 heteroatoms. The average Bonchev–Trinajstić information content (AvgIpc) is 2.26. The molecule has 0 bridgehead atoms. The van der Waals surface area contributed by atoms with Gasteiger partial charge in [-0.25, -0.2) is 0 Å². The molecule has 0 aliphatic rings. The molecule has 0 N–H and O–H groups in total. The predicted octanol–water partition coefficient (Wildman–Crippen LogP) is 1.58. The number of rotatable bonds is 4. The molecule has 1 rings (SSSR count). The van der Waals surface area contributed by atoms with Crippen LogP contribution in [0.5, 0.6) is 5.75 Å². The minimum Gasteiger partial charge on any atom is -0.497 e. The lowest BCUT2D eigenvalue weighted by molar-refractivity contribution is 0.421. The molecule has 0 fully saturated rings. The highest BCUT2D eigenvalue weighted by molar-refractivity contribution is 6.78. The molecule has 3 radical (unpaired) electrons. The molecular formula is C13H23OSi3. The van der Waals surface area contributed by atoms with Gasteiger partial charge in [-0.3, -0.25) is 0 Å². The second kappa shape index (κ2) is 6.02. The third kappa shape index (κ3) is 3.33. The Hall–Kier alpha value is -0.329. The fourth-order valence-electron chi connectivity index (χ4n) is 1.88. The summed E-state index contributed by atoms with van der Waals surface area (Å²) in [6, 6.07) is 4.82. The summed E-state index contributed by atoms with van der Waals surface area (Å²) in [6.45, 7) is 14.2. The van der Waals surface area contributed by atoms with Crippen LogP contribution in [0.1, 0.15) is 0 Å². The fraction of sp³-hybridized carbons (Fsp3) is 0.538. The van der Waals surface area contributed by atoms with Crippen molar-refractivity contribution in [2.45, 2.75) is 39.3 Å². The highest BCUT2D eigenvalue weighted by Crippen LogP contribution is 2.07. The smallest absolute Gasteiger partial charge is 0.116 e. The van der Waals surface area contributed by atoms with E-state index in [0.717, 1.165) is 0 Å². The predicted molar refractivity (Wildman–Crippen MR) is 84.3 cm³/mol. The van der Waals surface area contributed by atoms with Gasteiger partial charge in [0.2, 0.25) is 0 Å². The van der Waals surface area contributed by atoms with Crippen molar-refractivity contribution in [1.82, 2.24) is 0 Å². The van der Waals surface area contributed by atoms with Crippen molar-refractivity contribution in [2.24, 2.45) is 0 Å². The van der Waals surface area contributed by atoms with Crippen LogP contribution in [0.2, 0.25) is 39.3 Å². The minimum absolute atomic E-state index is 0.370. The molecule has 0 atom stereocenters. The second-order valence-corrected chi connectivity index (χ2v) is 12.8. The first-order valence-electron chi connectivity index (χ1n) is 6.02. The van der Waals surface area contributed by atoms with Gasteiger partial charge in [-0.1, -0.05) is 56.6 Å². The molecular weight excluding hydrogens is 256 g/mol. The highest BCUT2D eigenvalue weighted by Gasteiger charge is 2.18. The van der Waals surface area contributed by atoms with E-state index in [-0.39, 0.29) is 8.80 Å². The largest absolute Gasteiger partial charge is 0.497 e. The van der Waals surface area contributed by atoms with Crippen molar-refractivity contribution in [1.29, 1.82) is 0 Å². The van der Waals surface area contributed by atoms with Crippen molar-refractivity contribution < 1.29 is 4.74 Å². The number of benzene rings is 1. The Labute approximate surface area is 111 Å². The van der Waals surface area contributed by atoms with E-state index in [2.05, 4.69) is 51.4 Å². The van der Waals surface area contributed by atoms with Crippen LogP contribution in [0.25, 0.3) is 0 Å². The average molecular weight is 280 g/mol. The lowest BCUT2D eigenvalue weighted by atomic mass is 10.3. The van der Waals surface area contributed by atoms with Gasteiger partial charge in [-0.15, -0.1) is 0 Å². The molecule has 0 saturated heterocycles. The standard InChI is InChI=1S/C13H23OSi3/c1-14-13-11(16(4)5)8-10(15(2)3)9-12(13)17(6)7/h8-9H,1-7H3. The van der Waals surface area contributed by atoms with E-state index in [1.807, 2.05) is 7.11 Å². The molecule has 0 aromatic heterocycles. The number of hydrogen-bond donors (Lipinski definition) is 0. The van der Waals surface area contributed by atoms with E-state index in [9.17, 15) is 0 Å². The fourth-order valence-corrected chi connectivity index (χ4v) is 5.43. The molecule has 0 unspecified atom stereocenters. The van der Waals surface area contributed by atoms with Gasteiger partial charge in [-0.2, -0.15) is 0 Å². The quantitative estimate of drug-likeness (QED) is 0.761. The molecule has 0 amide bonds. The summed E-state index contributed by atoms with van der Waals surface area (Å²) in [6.07, 6.45) is 0. The van der Waals surface area contributed by atoms with Crippen LogP contribution in [0.3, 0.4) is 0 Å². The van der Waals surface area contributed by atoms with Crippen LogP contribution < -0.4 is 20.3 Å². The van der Waals surface area contributed by atoms with Gasteiger partial charge in [0.25, 0.3) is 0 Å². The summed E-state index contributed by atoms with van der Waals surface area (Å²) in [7, 11) is 0.537. The normalized spacial score (nSPS) is 11.6. The molecule has 17 heavy (non-hydrogen) atoms. The van der Waals surface area contributed by atoms with Gasteiger partial charge in [0.05, 0.1) is 33.5 Å². The van der Waals surface area contributed by atoms with Crippen LogP contribution >= 0.6 is 0 Å².